The van der Waals surface area contributed by atoms with Crippen LogP contribution in [-0.2, 0) is 16.0 Å². The Bertz CT molecular complexity index is 548. The Hall–Kier alpha value is -0.720. The molecule has 0 bridgehead atoms. The fourth-order valence-corrected chi connectivity index (χ4v) is 3.91. The first-order valence-corrected chi connectivity index (χ1v) is 8.52. The van der Waals surface area contributed by atoms with Gasteiger partial charge in [-0.1, -0.05) is 6.07 Å². The molecule has 20 heavy (non-hydrogen) atoms. The smallest absolute Gasteiger partial charge is 0.163 e. The average molecular weight is 309 g/mol. The second-order valence-corrected chi connectivity index (χ2v) is 7.30. The molecule has 1 fully saturated rings. The average Bonchev–Trinajstić information content (AvgIpc) is 3.09. The van der Waals surface area contributed by atoms with E-state index in [-0.39, 0.29) is 6.10 Å². The topological polar surface area (TPSA) is 30.5 Å². The van der Waals surface area contributed by atoms with Gasteiger partial charge in [-0.2, -0.15) is 0 Å². The summed E-state index contributed by atoms with van der Waals surface area (Å²) in [6.45, 7) is 6.30. The number of ether oxygens (including phenoxy) is 2. The molecule has 0 spiro atoms. The predicted octanol–water partition coefficient (Wildman–Crippen LogP) is 3.72. The minimum atomic E-state index is -0.429. The van der Waals surface area contributed by atoms with Gasteiger partial charge in [0.25, 0.3) is 0 Å². The van der Waals surface area contributed by atoms with E-state index in [4.69, 9.17) is 9.47 Å². The van der Waals surface area contributed by atoms with Gasteiger partial charge in [0.1, 0.15) is 0 Å². The molecule has 1 aliphatic rings. The van der Waals surface area contributed by atoms with Crippen molar-refractivity contribution in [3.05, 3.63) is 33.8 Å². The molecule has 0 aromatic carbocycles. The van der Waals surface area contributed by atoms with Gasteiger partial charge >= 0.3 is 0 Å². The SMILES string of the molecule is CC1(C)OCC(CNCc2cc(-c3cccs3)cs2)O1. The van der Waals surface area contributed by atoms with Crippen molar-refractivity contribution in [3.8, 4) is 10.4 Å². The Morgan fingerprint density at radius 1 is 1.40 bits per heavy atom. The summed E-state index contributed by atoms with van der Waals surface area (Å²) in [6.07, 6.45) is 0.154. The molecule has 0 amide bonds. The lowest BCUT2D eigenvalue weighted by Crippen LogP contribution is -2.30. The van der Waals surface area contributed by atoms with Crippen molar-refractivity contribution in [2.45, 2.75) is 32.3 Å². The largest absolute Gasteiger partial charge is 0.348 e. The third-order valence-electron chi connectivity index (χ3n) is 3.20. The molecule has 0 aliphatic carbocycles. The zero-order chi connectivity index (χ0) is 14.0. The van der Waals surface area contributed by atoms with E-state index in [9.17, 15) is 0 Å². The van der Waals surface area contributed by atoms with E-state index in [1.54, 1.807) is 22.7 Å². The summed E-state index contributed by atoms with van der Waals surface area (Å²) in [5.74, 6) is -0.429. The highest BCUT2D eigenvalue weighted by Crippen LogP contribution is 2.29. The van der Waals surface area contributed by atoms with Crippen molar-refractivity contribution in [3.63, 3.8) is 0 Å². The number of hydrogen-bond acceptors (Lipinski definition) is 5. The van der Waals surface area contributed by atoms with E-state index < -0.39 is 5.79 Å². The van der Waals surface area contributed by atoms with Gasteiger partial charge in [-0.3, -0.25) is 0 Å². The number of thiophene rings is 2. The van der Waals surface area contributed by atoms with Crippen LogP contribution in [0, 0.1) is 0 Å². The molecule has 1 aliphatic heterocycles. The summed E-state index contributed by atoms with van der Waals surface area (Å²) in [5.41, 5.74) is 1.32. The zero-order valence-electron chi connectivity index (χ0n) is 11.7. The molecule has 2 aromatic heterocycles. The van der Waals surface area contributed by atoms with Crippen molar-refractivity contribution >= 4 is 22.7 Å². The lowest BCUT2D eigenvalue weighted by atomic mass is 10.2. The molecule has 1 unspecified atom stereocenters. The Morgan fingerprint density at radius 2 is 2.30 bits per heavy atom. The molecule has 3 nitrogen and oxygen atoms in total. The van der Waals surface area contributed by atoms with Crippen LogP contribution in [0.15, 0.2) is 29.0 Å². The summed E-state index contributed by atoms with van der Waals surface area (Å²) in [7, 11) is 0. The first-order valence-electron chi connectivity index (χ1n) is 6.76. The molecule has 0 radical (unpaired) electrons. The highest BCUT2D eigenvalue weighted by Gasteiger charge is 2.32. The lowest BCUT2D eigenvalue weighted by Gasteiger charge is -2.17. The molecule has 2 aromatic rings. The van der Waals surface area contributed by atoms with E-state index in [0.29, 0.717) is 6.61 Å². The van der Waals surface area contributed by atoms with Crippen molar-refractivity contribution in [2.24, 2.45) is 0 Å². The maximum absolute atomic E-state index is 5.77. The first-order chi connectivity index (χ1) is 9.62. The monoisotopic (exact) mass is 309 g/mol. The van der Waals surface area contributed by atoms with Gasteiger partial charge in [0.15, 0.2) is 5.79 Å². The molecule has 108 valence electrons. The number of nitrogens with one attached hydrogen (secondary N) is 1. The van der Waals surface area contributed by atoms with Crippen LogP contribution >= 0.6 is 22.7 Å². The number of hydrogen-bond donors (Lipinski definition) is 1. The van der Waals surface area contributed by atoms with Crippen LogP contribution in [0.4, 0.5) is 0 Å². The molecule has 1 N–H and O–H groups in total. The summed E-state index contributed by atoms with van der Waals surface area (Å²) >= 11 is 3.59. The van der Waals surface area contributed by atoms with Gasteiger partial charge in [0, 0.05) is 28.4 Å². The van der Waals surface area contributed by atoms with Gasteiger partial charge in [0.2, 0.25) is 0 Å². The molecule has 1 atom stereocenters. The van der Waals surface area contributed by atoms with E-state index >= 15 is 0 Å². The van der Waals surface area contributed by atoms with Crippen molar-refractivity contribution < 1.29 is 9.47 Å². The maximum atomic E-state index is 5.77. The summed E-state index contributed by atoms with van der Waals surface area (Å²) in [4.78, 5) is 2.69. The molecule has 3 heterocycles. The normalized spacial score (nSPS) is 21.4. The third kappa shape index (κ3) is 3.48. The lowest BCUT2D eigenvalue weighted by molar-refractivity contribution is -0.137. The second kappa shape index (κ2) is 5.95. The molecule has 5 heteroatoms. The van der Waals surface area contributed by atoms with E-state index in [0.717, 1.165) is 13.1 Å². The van der Waals surface area contributed by atoms with Gasteiger partial charge in [-0.15, -0.1) is 22.7 Å². The van der Waals surface area contributed by atoms with Gasteiger partial charge in [0.05, 0.1) is 12.7 Å². The third-order valence-corrected chi connectivity index (χ3v) is 5.05. The molecule has 1 saturated heterocycles. The fraction of sp³-hybridized carbons (Fsp3) is 0.467. The van der Waals surface area contributed by atoms with Gasteiger partial charge in [-0.25, -0.2) is 0 Å². The van der Waals surface area contributed by atoms with Crippen LogP contribution in [0.2, 0.25) is 0 Å². The molecular formula is C15H19NO2S2. The second-order valence-electron chi connectivity index (χ2n) is 5.36. The Labute approximate surface area is 127 Å². The van der Waals surface area contributed by atoms with Crippen LogP contribution in [0.25, 0.3) is 10.4 Å². The van der Waals surface area contributed by atoms with Crippen LogP contribution in [0.1, 0.15) is 18.7 Å². The molecule has 0 saturated carbocycles. The minimum Gasteiger partial charge on any atom is -0.348 e. The predicted molar refractivity (Wildman–Crippen MR) is 84.2 cm³/mol. The minimum absolute atomic E-state index is 0.154. The van der Waals surface area contributed by atoms with Crippen LogP contribution in [-0.4, -0.2) is 25.0 Å². The van der Waals surface area contributed by atoms with Gasteiger partial charge in [-0.05, 0) is 36.7 Å². The summed E-state index contributed by atoms with van der Waals surface area (Å²) < 4.78 is 11.3. The standard InChI is InChI=1S/C15H19NO2S2/c1-15(2)17-9-12(18-15)7-16-8-13-6-11(10-20-13)14-4-3-5-19-14/h3-6,10,12,16H,7-9H2,1-2H3. The highest BCUT2D eigenvalue weighted by atomic mass is 32.1. The Balaban J connectivity index is 1.48. The number of rotatable bonds is 5. The van der Waals surface area contributed by atoms with Gasteiger partial charge < -0.3 is 14.8 Å². The quantitative estimate of drug-likeness (QED) is 0.913. The summed E-state index contributed by atoms with van der Waals surface area (Å²) in [6, 6.07) is 6.52. The van der Waals surface area contributed by atoms with Crippen LogP contribution in [0.3, 0.4) is 0 Å². The van der Waals surface area contributed by atoms with E-state index in [2.05, 4.69) is 34.3 Å². The zero-order valence-corrected chi connectivity index (χ0v) is 13.4. The van der Waals surface area contributed by atoms with Crippen molar-refractivity contribution in [2.75, 3.05) is 13.2 Å². The fourth-order valence-electron chi connectivity index (χ4n) is 2.27. The van der Waals surface area contributed by atoms with Crippen LogP contribution < -0.4 is 5.32 Å². The van der Waals surface area contributed by atoms with Crippen molar-refractivity contribution in [1.29, 1.82) is 0 Å². The molecule has 3 rings (SSSR count). The Kier molecular flexibility index (Phi) is 4.23. The van der Waals surface area contributed by atoms with Crippen LogP contribution in [0.5, 0.6) is 0 Å². The van der Waals surface area contributed by atoms with Crippen molar-refractivity contribution in [1.82, 2.24) is 5.32 Å². The Morgan fingerprint density at radius 3 is 3.00 bits per heavy atom. The van der Waals surface area contributed by atoms with E-state index in [1.165, 1.54) is 15.3 Å². The molecular weight excluding hydrogens is 290 g/mol. The first kappa shape index (κ1) is 14.2. The summed E-state index contributed by atoms with van der Waals surface area (Å²) in [5, 5.41) is 7.79. The highest BCUT2D eigenvalue weighted by molar-refractivity contribution is 7.14. The van der Waals surface area contributed by atoms with E-state index in [1.807, 2.05) is 13.8 Å². The maximum Gasteiger partial charge on any atom is 0.163 e.